The van der Waals surface area contributed by atoms with Gasteiger partial charge in [-0.2, -0.15) is 8.78 Å². The predicted octanol–water partition coefficient (Wildman–Crippen LogP) is 4.36. The molecule has 0 bridgehead atoms. The molecule has 0 atom stereocenters. The normalized spacial score (nSPS) is 14.7. The van der Waals surface area contributed by atoms with Gasteiger partial charge in [0.15, 0.2) is 0 Å². The van der Waals surface area contributed by atoms with Crippen molar-refractivity contribution in [3.05, 3.63) is 78.2 Å². The van der Waals surface area contributed by atoms with E-state index < -0.39 is 23.1 Å². The van der Waals surface area contributed by atoms with Crippen molar-refractivity contribution < 1.29 is 21.8 Å². The van der Waals surface area contributed by atoms with Gasteiger partial charge in [-0.1, -0.05) is 30.8 Å². The Balaban J connectivity index is 1.57. The molecule has 1 aromatic heterocycles. The van der Waals surface area contributed by atoms with Crippen LogP contribution in [0.3, 0.4) is 0 Å². The number of halogens is 3. The molecule has 0 N–H and O–H groups in total. The maximum Gasteiger partial charge on any atom is 0.314 e. The second-order valence-corrected chi connectivity index (χ2v) is 8.93. The van der Waals surface area contributed by atoms with Crippen LogP contribution >= 0.6 is 0 Å². The number of hydrogen-bond acceptors (Lipinski definition) is 6. The molecule has 2 heterocycles. The average Bonchev–Trinajstić information content (AvgIpc) is 3.29. The summed E-state index contributed by atoms with van der Waals surface area (Å²) in [6, 6.07) is 13.4. The summed E-state index contributed by atoms with van der Waals surface area (Å²) in [6.45, 7) is 5.67. The van der Waals surface area contributed by atoms with Crippen molar-refractivity contribution >= 4 is 16.5 Å². The van der Waals surface area contributed by atoms with E-state index in [1.165, 1.54) is 6.07 Å². The molecule has 0 unspecified atom stereocenters. The molecule has 32 heavy (non-hydrogen) atoms. The van der Waals surface area contributed by atoms with Gasteiger partial charge < -0.3 is 14.2 Å². The summed E-state index contributed by atoms with van der Waals surface area (Å²) >= 11 is 0. The second-order valence-electron chi connectivity index (χ2n) is 7.23. The van der Waals surface area contributed by atoms with Crippen molar-refractivity contribution in [3.8, 4) is 11.5 Å². The van der Waals surface area contributed by atoms with E-state index in [-0.39, 0.29) is 11.7 Å². The molecule has 2 aromatic carbocycles. The molecule has 6 nitrogen and oxygen atoms in total. The first kappa shape index (κ1) is 22.1. The van der Waals surface area contributed by atoms with Gasteiger partial charge >= 0.3 is 6.43 Å². The highest BCUT2D eigenvalue weighted by atomic mass is 32.2. The largest absolute Gasteiger partial charge is 0.415 e. The molecule has 1 saturated heterocycles. The van der Waals surface area contributed by atoms with Gasteiger partial charge in [0, 0.05) is 47.5 Å². The molecule has 4 rings (SSSR count). The SMILES string of the molecule is C=C(N1CCS(=O)CC1)N(Cc1ccc(-c2nnc(C(F)F)o2)cc1)c1ccccc1F. The van der Waals surface area contributed by atoms with Crippen molar-refractivity contribution in [1.82, 2.24) is 15.1 Å². The lowest BCUT2D eigenvalue weighted by Gasteiger charge is -2.37. The van der Waals surface area contributed by atoms with E-state index in [2.05, 4.69) is 16.8 Å². The first-order valence-corrected chi connectivity index (χ1v) is 11.4. The van der Waals surface area contributed by atoms with Crippen LogP contribution in [-0.4, -0.2) is 43.9 Å². The Morgan fingerprint density at radius 1 is 1.12 bits per heavy atom. The van der Waals surface area contributed by atoms with Crippen LogP contribution in [-0.2, 0) is 17.3 Å². The Labute approximate surface area is 185 Å². The third-order valence-electron chi connectivity index (χ3n) is 5.17. The van der Waals surface area contributed by atoms with Crippen LogP contribution in [0.2, 0.25) is 0 Å². The zero-order valence-corrected chi connectivity index (χ0v) is 17.9. The Morgan fingerprint density at radius 2 is 1.81 bits per heavy atom. The number of hydrogen-bond donors (Lipinski definition) is 0. The van der Waals surface area contributed by atoms with Gasteiger partial charge in [0.05, 0.1) is 5.69 Å². The predicted molar refractivity (Wildman–Crippen MR) is 116 cm³/mol. The maximum atomic E-state index is 14.6. The van der Waals surface area contributed by atoms with Gasteiger partial charge in [0.1, 0.15) is 11.6 Å². The molecule has 0 amide bonds. The molecule has 0 spiro atoms. The molecule has 0 saturated carbocycles. The number of nitrogens with zero attached hydrogens (tertiary/aromatic N) is 4. The number of anilines is 1. The third-order valence-corrected chi connectivity index (χ3v) is 6.44. The van der Waals surface area contributed by atoms with Crippen LogP contribution in [0, 0.1) is 5.82 Å². The van der Waals surface area contributed by atoms with Crippen molar-refractivity contribution in [1.29, 1.82) is 0 Å². The molecular formula is C22H21F3N4O2S. The van der Waals surface area contributed by atoms with Crippen molar-refractivity contribution in [3.63, 3.8) is 0 Å². The topological polar surface area (TPSA) is 62.5 Å². The number of alkyl halides is 2. The minimum Gasteiger partial charge on any atom is -0.415 e. The molecule has 0 radical (unpaired) electrons. The quantitative estimate of drug-likeness (QED) is 0.520. The Morgan fingerprint density at radius 3 is 2.44 bits per heavy atom. The highest BCUT2D eigenvalue weighted by molar-refractivity contribution is 7.85. The van der Waals surface area contributed by atoms with Crippen LogP contribution < -0.4 is 4.90 Å². The first-order chi connectivity index (χ1) is 15.4. The summed E-state index contributed by atoms with van der Waals surface area (Å²) in [5, 5.41) is 6.99. The van der Waals surface area contributed by atoms with Crippen LogP contribution in [0.25, 0.3) is 11.5 Å². The summed E-state index contributed by atoms with van der Waals surface area (Å²) in [6.07, 6.45) is -2.83. The number of benzene rings is 2. The summed E-state index contributed by atoms with van der Waals surface area (Å²) in [5.74, 6) is 0.607. The van der Waals surface area contributed by atoms with Crippen molar-refractivity contribution in [2.24, 2.45) is 0 Å². The molecule has 0 aliphatic carbocycles. The highest BCUT2D eigenvalue weighted by Gasteiger charge is 2.23. The van der Waals surface area contributed by atoms with Crippen LogP contribution in [0.1, 0.15) is 17.9 Å². The minimum atomic E-state index is -2.83. The fraction of sp³-hybridized carbons (Fsp3) is 0.273. The fourth-order valence-electron chi connectivity index (χ4n) is 3.43. The van der Waals surface area contributed by atoms with Crippen LogP contribution in [0.15, 0.2) is 65.3 Å². The third kappa shape index (κ3) is 4.85. The maximum absolute atomic E-state index is 14.6. The highest BCUT2D eigenvalue weighted by Crippen LogP contribution is 2.28. The molecule has 3 aromatic rings. The Kier molecular flexibility index (Phi) is 6.59. The molecular weight excluding hydrogens is 441 g/mol. The summed E-state index contributed by atoms with van der Waals surface area (Å²) in [7, 11) is -0.842. The Bertz CT molecular complexity index is 1110. The standard InChI is InChI=1S/C22H21F3N4O2S/c1-15(28-10-12-32(30)13-11-28)29(19-5-3-2-4-18(19)23)14-16-6-8-17(9-7-16)21-26-27-22(31-21)20(24)25/h2-9,20H,1,10-14H2. The smallest absolute Gasteiger partial charge is 0.314 e. The monoisotopic (exact) mass is 462 g/mol. The average molecular weight is 462 g/mol. The summed E-state index contributed by atoms with van der Waals surface area (Å²) in [4.78, 5) is 3.78. The van der Waals surface area contributed by atoms with Gasteiger partial charge in [-0.3, -0.25) is 4.21 Å². The number of para-hydroxylation sites is 1. The fourth-order valence-corrected chi connectivity index (χ4v) is 4.48. The zero-order chi connectivity index (χ0) is 22.7. The van der Waals surface area contributed by atoms with Gasteiger partial charge in [-0.15, -0.1) is 10.2 Å². The van der Waals surface area contributed by atoms with Crippen molar-refractivity contribution in [2.45, 2.75) is 13.0 Å². The van der Waals surface area contributed by atoms with E-state index in [0.717, 1.165) is 5.56 Å². The Hall–Kier alpha value is -3.14. The van der Waals surface area contributed by atoms with E-state index >= 15 is 0 Å². The van der Waals surface area contributed by atoms with Gasteiger partial charge in [-0.25, -0.2) is 4.39 Å². The van der Waals surface area contributed by atoms with Gasteiger partial charge in [0.2, 0.25) is 5.89 Å². The molecule has 1 fully saturated rings. The lowest BCUT2D eigenvalue weighted by molar-refractivity contribution is 0.116. The molecule has 10 heteroatoms. The van der Waals surface area contributed by atoms with E-state index in [9.17, 15) is 17.4 Å². The first-order valence-electron chi connectivity index (χ1n) is 9.94. The number of rotatable bonds is 7. The van der Waals surface area contributed by atoms with E-state index in [4.69, 9.17) is 4.42 Å². The van der Waals surface area contributed by atoms with E-state index in [1.54, 1.807) is 47.4 Å². The number of aromatic nitrogens is 2. The van der Waals surface area contributed by atoms with E-state index in [0.29, 0.717) is 48.2 Å². The molecule has 168 valence electrons. The lowest BCUT2D eigenvalue weighted by atomic mass is 10.1. The van der Waals surface area contributed by atoms with Crippen molar-refractivity contribution in [2.75, 3.05) is 29.5 Å². The van der Waals surface area contributed by atoms with Crippen LogP contribution in [0.5, 0.6) is 0 Å². The second kappa shape index (κ2) is 9.56. The molecule has 1 aliphatic rings. The van der Waals surface area contributed by atoms with Gasteiger partial charge in [0.25, 0.3) is 5.89 Å². The van der Waals surface area contributed by atoms with E-state index in [1.807, 2.05) is 4.90 Å². The minimum absolute atomic E-state index is 0.00327. The van der Waals surface area contributed by atoms with Gasteiger partial charge in [-0.05, 0) is 29.8 Å². The summed E-state index contributed by atoms with van der Waals surface area (Å²) in [5.41, 5.74) is 1.72. The van der Waals surface area contributed by atoms with Crippen LogP contribution in [0.4, 0.5) is 18.9 Å². The molecule has 1 aliphatic heterocycles. The summed E-state index contributed by atoms with van der Waals surface area (Å²) < 4.78 is 56.7. The zero-order valence-electron chi connectivity index (χ0n) is 17.1. The lowest BCUT2D eigenvalue weighted by Crippen LogP contribution is -2.42.